The van der Waals surface area contributed by atoms with Gasteiger partial charge in [-0.15, -0.1) is 0 Å². The third-order valence-corrected chi connectivity index (χ3v) is 3.37. The van der Waals surface area contributed by atoms with Crippen molar-refractivity contribution in [1.29, 1.82) is 0 Å². The van der Waals surface area contributed by atoms with Gasteiger partial charge in [0.25, 0.3) is 0 Å². The Morgan fingerprint density at radius 2 is 2.19 bits per heavy atom. The van der Waals surface area contributed by atoms with Crippen LogP contribution in [0.3, 0.4) is 0 Å². The van der Waals surface area contributed by atoms with E-state index in [0.717, 1.165) is 17.3 Å². The zero-order valence-electron chi connectivity index (χ0n) is 10.3. The predicted octanol–water partition coefficient (Wildman–Crippen LogP) is 3.57. The summed E-state index contributed by atoms with van der Waals surface area (Å²) >= 11 is 0. The molecule has 0 radical (unpaired) electrons. The zero-order valence-corrected chi connectivity index (χ0v) is 10.3. The van der Waals surface area contributed by atoms with E-state index in [1.807, 2.05) is 6.07 Å². The summed E-state index contributed by atoms with van der Waals surface area (Å²) in [4.78, 5) is 0. The fourth-order valence-electron chi connectivity index (χ4n) is 2.12. The van der Waals surface area contributed by atoms with Gasteiger partial charge in [-0.05, 0) is 43.4 Å². The first-order valence-electron chi connectivity index (χ1n) is 6.31. The lowest BCUT2D eigenvalue weighted by Gasteiger charge is -2.19. The van der Waals surface area contributed by atoms with Crippen LogP contribution in [0.15, 0.2) is 18.2 Å². The molecule has 0 aliphatic heterocycles. The number of aryl methyl sites for hydroxylation is 1. The Kier molecular flexibility index (Phi) is 3.37. The van der Waals surface area contributed by atoms with E-state index in [1.165, 1.54) is 31.2 Å². The van der Waals surface area contributed by atoms with Gasteiger partial charge in [0.05, 0.1) is 11.4 Å². The molecule has 1 aromatic carbocycles. The second-order valence-electron chi connectivity index (χ2n) is 5.02. The first-order valence-corrected chi connectivity index (χ1v) is 6.31. The first kappa shape index (κ1) is 11.3. The van der Waals surface area contributed by atoms with Crippen LogP contribution in [0.5, 0.6) is 0 Å². The predicted molar refractivity (Wildman–Crippen MR) is 70.6 cm³/mol. The van der Waals surface area contributed by atoms with Gasteiger partial charge in [-0.25, -0.2) is 0 Å². The van der Waals surface area contributed by atoms with Gasteiger partial charge in [-0.2, -0.15) is 0 Å². The van der Waals surface area contributed by atoms with E-state index < -0.39 is 0 Å². The lowest BCUT2D eigenvalue weighted by molar-refractivity contribution is 0.587. The molecule has 0 saturated heterocycles. The first-order chi connectivity index (χ1) is 7.69. The fourth-order valence-corrected chi connectivity index (χ4v) is 2.12. The molecule has 0 spiro atoms. The molecular weight excluding hydrogens is 196 g/mol. The van der Waals surface area contributed by atoms with Crippen molar-refractivity contribution in [2.75, 3.05) is 11.1 Å². The fraction of sp³-hybridized carbons (Fsp3) is 0.571. The molecule has 1 aliphatic carbocycles. The minimum atomic E-state index is 0.581. The maximum absolute atomic E-state index is 6.01. The third-order valence-electron chi connectivity index (χ3n) is 3.37. The monoisotopic (exact) mass is 218 g/mol. The molecule has 3 N–H and O–H groups in total. The number of nitrogens with one attached hydrogen (secondary N) is 1. The Morgan fingerprint density at radius 3 is 2.75 bits per heavy atom. The molecule has 1 aliphatic rings. The van der Waals surface area contributed by atoms with Crippen molar-refractivity contribution in [3.63, 3.8) is 0 Å². The molecule has 0 aromatic heterocycles. The normalized spacial score (nSPS) is 17.1. The highest BCUT2D eigenvalue weighted by Gasteiger charge is 2.24. The number of rotatable bonds is 5. The second-order valence-corrected chi connectivity index (χ2v) is 5.02. The van der Waals surface area contributed by atoms with E-state index in [1.54, 1.807) is 0 Å². The highest BCUT2D eigenvalue weighted by atomic mass is 14.9. The van der Waals surface area contributed by atoms with Crippen LogP contribution in [0.1, 0.15) is 38.2 Å². The average Bonchev–Trinajstić information content (AvgIpc) is 3.04. The molecule has 1 unspecified atom stereocenters. The lowest BCUT2D eigenvalue weighted by atomic mass is 10.1. The van der Waals surface area contributed by atoms with Gasteiger partial charge >= 0.3 is 0 Å². The van der Waals surface area contributed by atoms with Crippen LogP contribution in [0.25, 0.3) is 0 Å². The molecule has 0 bridgehead atoms. The van der Waals surface area contributed by atoms with Crippen molar-refractivity contribution in [3.05, 3.63) is 23.8 Å². The summed E-state index contributed by atoms with van der Waals surface area (Å²) in [6.07, 6.45) is 5.30. The molecule has 0 amide bonds. The van der Waals surface area contributed by atoms with E-state index >= 15 is 0 Å². The average molecular weight is 218 g/mol. The third kappa shape index (κ3) is 2.91. The molecule has 1 saturated carbocycles. The number of hydrogen-bond donors (Lipinski definition) is 2. The van der Waals surface area contributed by atoms with Gasteiger partial charge in [0.15, 0.2) is 0 Å². The van der Waals surface area contributed by atoms with Gasteiger partial charge < -0.3 is 11.1 Å². The van der Waals surface area contributed by atoms with Crippen molar-refractivity contribution in [2.45, 2.75) is 45.6 Å². The van der Waals surface area contributed by atoms with Crippen molar-refractivity contribution < 1.29 is 0 Å². The molecule has 1 fully saturated rings. The van der Waals surface area contributed by atoms with Gasteiger partial charge in [0, 0.05) is 6.04 Å². The topological polar surface area (TPSA) is 38.0 Å². The van der Waals surface area contributed by atoms with Crippen molar-refractivity contribution in [3.8, 4) is 0 Å². The molecule has 2 nitrogen and oxygen atoms in total. The summed E-state index contributed by atoms with van der Waals surface area (Å²) in [5.74, 6) is 0.962. The van der Waals surface area contributed by atoms with Crippen molar-refractivity contribution in [2.24, 2.45) is 5.92 Å². The number of nitrogen functional groups attached to an aromatic ring is 1. The largest absolute Gasteiger partial charge is 0.397 e. The van der Waals surface area contributed by atoms with Gasteiger partial charge in [0.1, 0.15) is 0 Å². The molecule has 1 aromatic rings. The van der Waals surface area contributed by atoms with E-state index in [0.29, 0.717) is 6.04 Å². The van der Waals surface area contributed by atoms with Crippen LogP contribution in [-0.4, -0.2) is 6.04 Å². The minimum absolute atomic E-state index is 0.581. The van der Waals surface area contributed by atoms with Crippen LogP contribution in [-0.2, 0) is 0 Å². The number of hydrogen-bond acceptors (Lipinski definition) is 2. The molecule has 16 heavy (non-hydrogen) atoms. The Morgan fingerprint density at radius 1 is 1.44 bits per heavy atom. The van der Waals surface area contributed by atoms with E-state index in [4.69, 9.17) is 5.73 Å². The van der Waals surface area contributed by atoms with Crippen LogP contribution in [0.2, 0.25) is 0 Å². The molecule has 2 heteroatoms. The maximum atomic E-state index is 6.01. The smallest absolute Gasteiger partial charge is 0.0576 e. The number of benzene rings is 1. The van der Waals surface area contributed by atoms with E-state index in [2.05, 4.69) is 31.3 Å². The molecular formula is C14H22N2. The zero-order chi connectivity index (χ0) is 11.5. The van der Waals surface area contributed by atoms with Crippen LogP contribution < -0.4 is 11.1 Å². The SMILES string of the molecule is CCC(CC1CC1)Nc1ccc(C)cc1N. The molecule has 0 heterocycles. The van der Waals surface area contributed by atoms with Gasteiger partial charge in [-0.1, -0.05) is 25.8 Å². The summed E-state index contributed by atoms with van der Waals surface area (Å²) < 4.78 is 0. The summed E-state index contributed by atoms with van der Waals surface area (Å²) in [5.41, 5.74) is 9.19. The summed E-state index contributed by atoms with van der Waals surface area (Å²) in [7, 11) is 0. The van der Waals surface area contributed by atoms with Crippen LogP contribution in [0.4, 0.5) is 11.4 Å². The van der Waals surface area contributed by atoms with Crippen molar-refractivity contribution in [1.82, 2.24) is 0 Å². The summed E-state index contributed by atoms with van der Waals surface area (Å²) in [5, 5.41) is 3.57. The lowest BCUT2D eigenvalue weighted by Crippen LogP contribution is -2.19. The molecule has 1 atom stereocenters. The minimum Gasteiger partial charge on any atom is -0.397 e. The Labute approximate surface area is 98.2 Å². The van der Waals surface area contributed by atoms with Gasteiger partial charge in [-0.3, -0.25) is 0 Å². The number of anilines is 2. The van der Waals surface area contributed by atoms with Gasteiger partial charge in [0.2, 0.25) is 0 Å². The molecule has 88 valence electrons. The van der Waals surface area contributed by atoms with E-state index in [-0.39, 0.29) is 0 Å². The Balaban J connectivity index is 1.99. The summed E-state index contributed by atoms with van der Waals surface area (Å²) in [6.45, 7) is 4.31. The van der Waals surface area contributed by atoms with E-state index in [9.17, 15) is 0 Å². The Hall–Kier alpha value is -1.18. The second kappa shape index (κ2) is 4.77. The maximum Gasteiger partial charge on any atom is 0.0576 e. The molecule has 2 rings (SSSR count). The van der Waals surface area contributed by atoms with Crippen LogP contribution >= 0.6 is 0 Å². The number of nitrogens with two attached hydrogens (primary N) is 1. The Bertz CT molecular complexity index is 356. The standard InChI is InChI=1S/C14H22N2/c1-3-12(9-11-5-6-11)16-14-7-4-10(2)8-13(14)15/h4,7-8,11-12,16H,3,5-6,9,15H2,1-2H3. The quantitative estimate of drug-likeness (QED) is 0.741. The highest BCUT2D eigenvalue weighted by Crippen LogP contribution is 2.35. The van der Waals surface area contributed by atoms with Crippen molar-refractivity contribution >= 4 is 11.4 Å². The van der Waals surface area contributed by atoms with Crippen LogP contribution in [0, 0.1) is 12.8 Å². The summed E-state index contributed by atoms with van der Waals surface area (Å²) in [6, 6.07) is 6.83. The highest BCUT2D eigenvalue weighted by molar-refractivity contribution is 5.67.